The highest BCUT2D eigenvalue weighted by Crippen LogP contribution is 2.19. The summed E-state index contributed by atoms with van der Waals surface area (Å²) in [6.45, 7) is 3.78. The maximum absolute atomic E-state index is 11.6. The number of carbonyl (C=O) groups excluding carboxylic acids is 2. The van der Waals surface area contributed by atoms with Crippen LogP contribution in [0.25, 0.3) is 0 Å². The molecule has 1 N–H and O–H groups in total. The number of esters is 1. The Kier molecular flexibility index (Phi) is 5.62. The van der Waals surface area contributed by atoms with Crippen molar-refractivity contribution < 1.29 is 19.4 Å². The van der Waals surface area contributed by atoms with E-state index in [1.54, 1.807) is 19.9 Å². The molecule has 0 aliphatic heterocycles. The molecular formula is C15H16O4. The Labute approximate surface area is 112 Å². The summed E-state index contributed by atoms with van der Waals surface area (Å²) in [6.07, 6.45) is 0.318. The number of ketones is 1. The van der Waals surface area contributed by atoms with Crippen LogP contribution in [0.15, 0.2) is 18.2 Å². The molecule has 0 aromatic heterocycles. The Morgan fingerprint density at radius 2 is 2.05 bits per heavy atom. The quantitative estimate of drug-likeness (QED) is 0.512. The normalized spacial score (nSPS) is 9.37. The summed E-state index contributed by atoms with van der Waals surface area (Å²) >= 11 is 0. The average molecular weight is 260 g/mol. The van der Waals surface area contributed by atoms with E-state index in [9.17, 15) is 14.7 Å². The van der Waals surface area contributed by atoms with Gasteiger partial charge in [-0.1, -0.05) is 18.8 Å². The van der Waals surface area contributed by atoms with Crippen molar-refractivity contribution in [3.8, 4) is 17.6 Å². The molecule has 0 saturated carbocycles. The summed E-state index contributed by atoms with van der Waals surface area (Å²) in [6, 6.07) is 4.55. The van der Waals surface area contributed by atoms with Crippen LogP contribution in [-0.4, -0.2) is 23.5 Å². The van der Waals surface area contributed by atoms with Crippen molar-refractivity contribution in [1.82, 2.24) is 0 Å². The second-order valence-electron chi connectivity index (χ2n) is 3.79. The van der Waals surface area contributed by atoms with Crippen LogP contribution in [-0.2, 0) is 9.53 Å². The van der Waals surface area contributed by atoms with Crippen molar-refractivity contribution in [3.63, 3.8) is 0 Å². The number of rotatable bonds is 4. The van der Waals surface area contributed by atoms with Gasteiger partial charge in [0.05, 0.1) is 12.2 Å². The summed E-state index contributed by atoms with van der Waals surface area (Å²) in [7, 11) is 0. The van der Waals surface area contributed by atoms with E-state index in [2.05, 4.69) is 11.8 Å². The Hall–Kier alpha value is -2.28. The first-order valence-corrected chi connectivity index (χ1v) is 6.09. The Balaban J connectivity index is 2.83. The van der Waals surface area contributed by atoms with Crippen molar-refractivity contribution >= 4 is 11.8 Å². The Morgan fingerprint density at radius 1 is 1.32 bits per heavy atom. The van der Waals surface area contributed by atoms with Gasteiger partial charge in [0, 0.05) is 12.0 Å². The van der Waals surface area contributed by atoms with E-state index in [0.29, 0.717) is 18.6 Å². The van der Waals surface area contributed by atoms with E-state index in [0.717, 1.165) is 0 Å². The van der Waals surface area contributed by atoms with Crippen molar-refractivity contribution in [1.29, 1.82) is 0 Å². The van der Waals surface area contributed by atoms with Gasteiger partial charge in [0.2, 0.25) is 0 Å². The number of hydrogen-bond donors (Lipinski definition) is 1. The number of ether oxygens (including phenoxy) is 1. The van der Waals surface area contributed by atoms with Gasteiger partial charge in [-0.2, -0.15) is 0 Å². The van der Waals surface area contributed by atoms with Crippen LogP contribution in [0, 0.1) is 11.8 Å². The molecule has 1 aromatic rings. The van der Waals surface area contributed by atoms with Crippen LogP contribution >= 0.6 is 0 Å². The molecule has 1 aromatic carbocycles. The molecule has 4 heteroatoms. The minimum absolute atomic E-state index is 0.00573. The molecule has 0 bridgehead atoms. The Bertz CT molecular complexity index is 535. The summed E-state index contributed by atoms with van der Waals surface area (Å²) in [5.74, 6) is 4.86. The molecule has 0 amide bonds. The predicted octanol–water partition coefficient (Wildman–Crippen LogP) is 2.29. The molecule has 0 aliphatic carbocycles. The van der Waals surface area contributed by atoms with Crippen molar-refractivity contribution in [2.45, 2.75) is 26.7 Å². The molecule has 0 aliphatic rings. The maximum atomic E-state index is 11.6. The minimum Gasteiger partial charge on any atom is -0.507 e. The van der Waals surface area contributed by atoms with Gasteiger partial charge in [-0.15, -0.1) is 0 Å². The van der Waals surface area contributed by atoms with Gasteiger partial charge in [0.1, 0.15) is 12.2 Å². The predicted molar refractivity (Wildman–Crippen MR) is 70.9 cm³/mol. The zero-order valence-electron chi connectivity index (χ0n) is 11.0. The molecule has 0 spiro atoms. The molecule has 0 heterocycles. The van der Waals surface area contributed by atoms with Crippen LogP contribution in [0.1, 0.15) is 42.6 Å². The lowest BCUT2D eigenvalue weighted by molar-refractivity contribution is -0.141. The van der Waals surface area contributed by atoms with Gasteiger partial charge in [-0.25, -0.2) is 0 Å². The molecule has 1 rings (SSSR count). The minimum atomic E-state index is -0.376. The monoisotopic (exact) mass is 260 g/mol. The third kappa shape index (κ3) is 4.47. The molecule has 0 atom stereocenters. The lowest BCUT2D eigenvalue weighted by atomic mass is 10.0. The van der Waals surface area contributed by atoms with Crippen molar-refractivity contribution in [2.75, 3.05) is 6.61 Å². The fourth-order valence-corrected chi connectivity index (χ4v) is 1.46. The van der Waals surface area contributed by atoms with E-state index >= 15 is 0 Å². The summed E-state index contributed by atoms with van der Waals surface area (Å²) in [4.78, 5) is 22.7. The largest absolute Gasteiger partial charge is 0.507 e. The van der Waals surface area contributed by atoms with E-state index in [1.165, 1.54) is 12.1 Å². The first-order valence-electron chi connectivity index (χ1n) is 6.09. The van der Waals surface area contributed by atoms with Gasteiger partial charge in [-0.3, -0.25) is 9.59 Å². The third-order valence-electron chi connectivity index (χ3n) is 2.39. The van der Waals surface area contributed by atoms with Gasteiger partial charge in [-0.05, 0) is 25.1 Å². The molecule has 19 heavy (non-hydrogen) atoms. The van der Waals surface area contributed by atoms with Crippen LogP contribution in [0.5, 0.6) is 5.75 Å². The van der Waals surface area contributed by atoms with E-state index in [1.807, 2.05) is 0 Å². The lowest BCUT2D eigenvalue weighted by Crippen LogP contribution is -2.01. The smallest absolute Gasteiger partial charge is 0.317 e. The number of phenolic OH excluding ortho intramolecular Hbond substituents is 1. The van der Waals surface area contributed by atoms with E-state index < -0.39 is 0 Å². The van der Waals surface area contributed by atoms with Gasteiger partial charge >= 0.3 is 5.97 Å². The fourth-order valence-electron chi connectivity index (χ4n) is 1.46. The number of phenols is 1. The average Bonchev–Trinajstić information content (AvgIpc) is 2.40. The first-order chi connectivity index (χ1) is 9.08. The highest BCUT2D eigenvalue weighted by Gasteiger charge is 2.09. The number of benzene rings is 1. The van der Waals surface area contributed by atoms with E-state index in [4.69, 9.17) is 4.74 Å². The van der Waals surface area contributed by atoms with Gasteiger partial charge in [0.15, 0.2) is 5.78 Å². The second kappa shape index (κ2) is 7.22. The van der Waals surface area contributed by atoms with Crippen LogP contribution in [0.2, 0.25) is 0 Å². The maximum Gasteiger partial charge on any atom is 0.317 e. The van der Waals surface area contributed by atoms with Crippen LogP contribution in [0.4, 0.5) is 0 Å². The molecule has 100 valence electrons. The number of aromatic hydroxyl groups is 1. The zero-order valence-corrected chi connectivity index (χ0v) is 11.0. The Morgan fingerprint density at radius 3 is 2.68 bits per heavy atom. The van der Waals surface area contributed by atoms with Crippen LogP contribution in [0.3, 0.4) is 0 Å². The molecular weight excluding hydrogens is 244 g/mol. The molecule has 0 radical (unpaired) electrons. The first kappa shape index (κ1) is 14.8. The topological polar surface area (TPSA) is 63.6 Å². The molecule has 0 fully saturated rings. The van der Waals surface area contributed by atoms with E-state index in [-0.39, 0.29) is 29.5 Å². The zero-order chi connectivity index (χ0) is 14.3. The highest BCUT2D eigenvalue weighted by molar-refractivity contribution is 5.98. The summed E-state index contributed by atoms with van der Waals surface area (Å²) < 4.78 is 4.74. The van der Waals surface area contributed by atoms with Crippen molar-refractivity contribution in [2.24, 2.45) is 0 Å². The summed E-state index contributed by atoms with van der Waals surface area (Å²) in [5, 5.41) is 9.58. The second-order valence-corrected chi connectivity index (χ2v) is 3.79. The standard InChI is InChI=1S/C15H16O4/c1-3-13(16)12-10-11(8-9-14(12)17)6-5-7-15(18)19-4-2/h8-10,17H,3-4,7H2,1-2H3. The summed E-state index contributed by atoms with van der Waals surface area (Å²) in [5.41, 5.74) is 0.837. The molecule has 0 unspecified atom stereocenters. The van der Waals surface area contributed by atoms with Gasteiger partial charge < -0.3 is 9.84 Å². The number of hydrogen-bond acceptors (Lipinski definition) is 4. The number of Topliss-reactive ketones (excluding diaryl/α,β-unsaturated/α-hetero) is 1. The number of carbonyl (C=O) groups is 2. The van der Waals surface area contributed by atoms with Gasteiger partial charge in [0.25, 0.3) is 0 Å². The van der Waals surface area contributed by atoms with Crippen LogP contribution < -0.4 is 0 Å². The lowest BCUT2D eigenvalue weighted by Gasteiger charge is -2.02. The highest BCUT2D eigenvalue weighted by atomic mass is 16.5. The molecule has 4 nitrogen and oxygen atoms in total. The molecule has 0 saturated heterocycles. The SMILES string of the molecule is CCOC(=O)CC#Cc1ccc(O)c(C(=O)CC)c1. The third-order valence-corrected chi connectivity index (χ3v) is 2.39. The fraction of sp³-hybridized carbons (Fsp3) is 0.333. The van der Waals surface area contributed by atoms with Crippen molar-refractivity contribution in [3.05, 3.63) is 29.3 Å².